The van der Waals surface area contributed by atoms with Gasteiger partial charge < -0.3 is 11.1 Å². The zero-order chi connectivity index (χ0) is 16.9. The van der Waals surface area contributed by atoms with Crippen molar-refractivity contribution in [2.45, 2.75) is 6.04 Å². The van der Waals surface area contributed by atoms with E-state index in [0.717, 1.165) is 16.6 Å². The molecule has 0 aliphatic rings. The van der Waals surface area contributed by atoms with Crippen molar-refractivity contribution < 1.29 is 4.79 Å². The minimum absolute atomic E-state index is 0.172. The van der Waals surface area contributed by atoms with Crippen molar-refractivity contribution in [1.82, 2.24) is 5.32 Å². The average molecular weight is 314 g/mol. The summed E-state index contributed by atoms with van der Waals surface area (Å²) in [6, 6.07) is 25.1. The zero-order valence-corrected chi connectivity index (χ0v) is 13.6. The number of anilines is 1. The molecule has 3 rings (SSSR count). The Kier molecular flexibility index (Phi) is 4.66. The van der Waals surface area contributed by atoms with E-state index in [1.54, 1.807) is 6.07 Å². The van der Waals surface area contributed by atoms with Crippen molar-refractivity contribution >= 4 is 24.9 Å². The highest BCUT2D eigenvalue weighted by molar-refractivity contribution is 6.33. The van der Waals surface area contributed by atoms with Gasteiger partial charge in [-0.05, 0) is 17.2 Å². The Bertz CT molecular complexity index is 795. The lowest BCUT2D eigenvalue weighted by molar-refractivity contribution is 0.0944. The number of rotatable bonds is 4. The van der Waals surface area contributed by atoms with E-state index in [1.807, 2.05) is 80.6 Å². The molecule has 0 aliphatic heterocycles. The normalized spacial score (nSPS) is 10.5. The van der Waals surface area contributed by atoms with Crippen molar-refractivity contribution in [3.8, 4) is 0 Å². The Morgan fingerprint density at radius 2 is 1.42 bits per heavy atom. The van der Waals surface area contributed by atoms with Crippen LogP contribution in [-0.4, -0.2) is 13.8 Å². The maximum atomic E-state index is 12.8. The minimum atomic E-state index is -0.222. The van der Waals surface area contributed by atoms with Crippen LogP contribution < -0.4 is 16.5 Å². The number of hydrogen-bond donors (Lipinski definition) is 2. The molecule has 0 bridgehead atoms. The fourth-order valence-electron chi connectivity index (χ4n) is 2.73. The number of hydrogen-bond acceptors (Lipinski definition) is 2. The molecule has 0 atom stereocenters. The summed E-state index contributed by atoms with van der Waals surface area (Å²) in [6.07, 6.45) is 0. The maximum Gasteiger partial charge on any atom is 0.254 e. The van der Waals surface area contributed by atoms with E-state index in [2.05, 4.69) is 5.32 Å². The van der Waals surface area contributed by atoms with Crippen LogP contribution in [0.5, 0.6) is 0 Å². The Morgan fingerprint density at radius 3 is 1.96 bits per heavy atom. The molecule has 0 unspecified atom stereocenters. The Hall–Kier alpha value is -3.01. The molecule has 0 saturated heterocycles. The number of benzene rings is 3. The Balaban J connectivity index is 1.95. The first-order valence-electron chi connectivity index (χ1n) is 7.92. The molecule has 0 spiro atoms. The average Bonchev–Trinajstić information content (AvgIpc) is 2.63. The third kappa shape index (κ3) is 3.49. The third-order valence-electron chi connectivity index (χ3n) is 3.99. The topological polar surface area (TPSA) is 55.1 Å². The lowest BCUT2D eigenvalue weighted by Crippen LogP contribution is -2.30. The fraction of sp³-hybridized carbons (Fsp3) is 0.0500. The molecule has 3 aromatic carbocycles. The minimum Gasteiger partial charge on any atom is -0.398 e. The predicted octanol–water partition coefficient (Wildman–Crippen LogP) is 2.05. The molecule has 3 N–H and O–H groups in total. The molecule has 3 aromatic rings. The highest BCUT2D eigenvalue weighted by Gasteiger charge is 2.18. The van der Waals surface area contributed by atoms with E-state index >= 15 is 0 Å². The second-order valence-corrected chi connectivity index (χ2v) is 5.82. The lowest BCUT2D eigenvalue weighted by Gasteiger charge is -2.20. The first-order chi connectivity index (χ1) is 11.6. The van der Waals surface area contributed by atoms with Crippen LogP contribution in [0.25, 0.3) is 0 Å². The van der Waals surface area contributed by atoms with Crippen LogP contribution in [0.4, 0.5) is 5.69 Å². The van der Waals surface area contributed by atoms with Gasteiger partial charge in [0.2, 0.25) is 0 Å². The summed E-state index contributed by atoms with van der Waals surface area (Å²) in [5.41, 5.74) is 10.0. The second-order valence-electron chi connectivity index (χ2n) is 5.82. The molecule has 0 radical (unpaired) electrons. The fourth-order valence-corrected chi connectivity index (χ4v) is 2.73. The molecule has 24 heavy (non-hydrogen) atoms. The van der Waals surface area contributed by atoms with Gasteiger partial charge in [0, 0.05) is 5.69 Å². The lowest BCUT2D eigenvalue weighted by atomic mass is 9.93. The summed E-state index contributed by atoms with van der Waals surface area (Å²) in [7, 11) is 1.95. The first kappa shape index (κ1) is 15.9. The smallest absolute Gasteiger partial charge is 0.254 e. The number of carbonyl (C=O) groups excluding carboxylic acids is 1. The summed E-state index contributed by atoms with van der Waals surface area (Å²) in [5.74, 6) is -0.172. The van der Waals surface area contributed by atoms with Crippen LogP contribution in [0, 0.1) is 0 Å². The van der Waals surface area contributed by atoms with Crippen LogP contribution in [-0.2, 0) is 0 Å². The van der Waals surface area contributed by atoms with Crippen LogP contribution in [0.15, 0.2) is 78.9 Å². The van der Waals surface area contributed by atoms with Gasteiger partial charge in [-0.2, -0.15) is 0 Å². The molecular formula is C20H19BN2O. The van der Waals surface area contributed by atoms with Gasteiger partial charge in [-0.1, -0.05) is 78.3 Å². The van der Waals surface area contributed by atoms with E-state index in [4.69, 9.17) is 5.73 Å². The van der Waals surface area contributed by atoms with Crippen LogP contribution in [0.2, 0.25) is 0 Å². The van der Waals surface area contributed by atoms with Gasteiger partial charge in [-0.15, -0.1) is 0 Å². The molecular weight excluding hydrogens is 295 g/mol. The van der Waals surface area contributed by atoms with Gasteiger partial charge in [-0.25, -0.2) is 0 Å². The number of nitrogens with one attached hydrogen (secondary N) is 1. The largest absolute Gasteiger partial charge is 0.398 e. The van der Waals surface area contributed by atoms with Crippen molar-refractivity contribution in [2.75, 3.05) is 5.73 Å². The molecule has 4 heteroatoms. The van der Waals surface area contributed by atoms with Gasteiger partial charge in [0.15, 0.2) is 0 Å². The standard InChI is InChI=1S/C20H19BN2O/c21-16-11-12-18(22)17(13-16)20(24)23-19(14-7-3-1-4-8-14)15-9-5-2-6-10-15/h1-13,19H,21-22H2,(H,23,24). The molecule has 0 heterocycles. The number of nitrogen functional groups attached to an aromatic ring is 1. The van der Waals surface area contributed by atoms with Crippen LogP contribution in [0.3, 0.4) is 0 Å². The SMILES string of the molecule is Bc1ccc(N)c(C(=O)NC(c2ccccc2)c2ccccc2)c1. The van der Waals surface area contributed by atoms with Crippen LogP contribution in [0.1, 0.15) is 27.5 Å². The molecule has 3 nitrogen and oxygen atoms in total. The zero-order valence-electron chi connectivity index (χ0n) is 13.6. The monoisotopic (exact) mass is 314 g/mol. The molecule has 0 aliphatic carbocycles. The number of nitrogens with two attached hydrogens (primary N) is 1. The van der Waals surface area contributed by atoms with Crippen LogP contribution >= 0.6 is 0 Å². The first-order valence-corrected chi connectivity index (χ1v) is 7.92. The summed E-state index contributed by atoms with van der Waals surface area (Å²) in [6.45, 7) is 0. The molecule has 1 amide bonds. The quantitative estimate of drug-likeness (QED) is 0.572. The molecule has 0 aromatic heterocycles. The Morgan fingerprint density at radius 1 is 0.875 bits per heavy atom. The summed E-state index contributed by atoms with van der Waals surface area (Å²) in [4.78, 5) is 12.8. The van der Waals surface area contributed by atoms with Gasteiger partial charge in [0.1, 0.15) is 7.85 Å². The van der Waals surface area contributed by atoms with E-state index in [-0.39, 0.29) is 11.9 Å². The van der Waals surface area contributed by atoms with E-state index in [0.29, 0.717) is 11.3 Å². The van der Waals surface area contributed by atoms with Gasteiger partial charge in [-0.3, -0.25) is 4.79 Å². The van der Waals surface area contributed by atoms with Crippen molar-refractivity contribution in [2.24, 2.45) is 0 Å². The van der Waals surface area contributed by atoms with Gasteiger partial charge in [0.25, 0.3) is 5.91 Å². The highest BCUT2D eigenvalue weighted by Crippen LogP contribution is 2.23. The molecule has 0 saturated carbocycles. The van der Waals surface area contributed by atoms with Gasteiger partial charge >= 0.3 is 0 Å². The van der Waals surface area contributed by atoms with Crippen molar-refractivity contribution in [1.29, 1.82) is 0 Å². The van der Waals surface area contributed by atoms with Gasteiger partial charge in [0.05, 0.1) is 11.6 Å². The maximum absolute atomic E-state index is 12.8. The van der Waals surface area contributed by atoms with Crippen molar-refractivity contribution in [3.63, 3.8) is 0 Å². The summed E-state index contributed by atoms with van der Waals surface area (Å²) < 4.78 is 0. The second kappa shape index (κ2) is 7.05. The number of carbonyl (C=O) groups is 1. The predicted molar refractivity (Wildman–Crippen MR) is 101 cm³/mol. The van der Waals surface area contributed by atoms with E-state index < -0.39 is 0 Å². The van der Waals surface area contributed by atoms with E-state index in [9.17, 15) is 4.79 Å². The molecule has 118 valence electrons. The highest BCUT2D eigenvalue weighted by atomic mass is 16.1. The Labute approximate surface area is 142 Å². The van der Waals surface area contributed by atoms with Crippen molar-refractivity contribution in [3.05, 3.63) is 95.6 Å². The summed E-state index contributed by atoms with van der Waals surface area (Å²) >= 11 is 0. The third-order valence-corrected chi connectivity index (χ3v) is 3.99. The number of amides is 1. The van der Waals surface area contributed by atoms with E-state index in [1.165, 1.54) is 0 Å². The molecule has 0 fully saturated rings. The summed E-state index contributed by atoms with van der Waals surface area (Å²) in [5, 5.41) is 3.12.